The van der Waals surface area contributed by atoms with E-state index in [0.29, 0.717) is 19.6 Å². The number of carbonyl (C=O) groups is 2. The Bertz CT molecular complexity index is 408. The Labute approximate surface area is 106 Å². The maximum atomic E-state index is 12.0. The van der Waals surface area contributed by atoms with Crippen LogP contribution in [0, 0.1) is 5.92 Å². The minimum atomic E-state index is -0.0677. The standard InChI is InChI=1S/C12H18N4O2/c1-2-14-11(17)10-3-6-15(7-4-10)12(18)16-8-5-13-9-16/h5,8-10H,2-4,6-7H2,1H3,(H,14,17). The van der Waals surface area contributed by atoms with Gasteiger partial charge in [-0.1, -0.05) is 0 Å². The van der Waals surface area contributed by atoms with Gasteiger partial charge in [0.15, 0.2) is 0 Å². The van der Waals surface area contributed by atoms with Gasteiger partial charge < -0.3 is 10.2 Å². The monoisotopic (exact) mass is 250 g/mol. The van der Waals surface area contributed by atoms with Crippen molar-refractivity contribution in [2.24, 2.45) is 5.92 Å². The number of hydrogen-bond acceptors (Lipinski definition) is 3. The number of imidazole rings is 1. The molecule has 1 saturated heterocycles. The van der Waals surface area contributed by atoms with E-state index in [1.807, 2.05) is 6.92 Å². The molecule has 0 aromatic carbocycles. The molecule has 1 aromatic heterocycles. The van der Waals surface area contributed by atoms with Gasteiger partial charge in [0.05, 0.1) is 0 Å². The second-order valence-electron chi connectivity index (χ2n) is 4.41. The van der Waals surface area contributed by atoms with Crippen LogP contribution in [-0.2, 0) is 4.79 Å². The van der Waals surface area contributed by atoms with Crippen molar-refractivity contribution in [1.82, 2.24) is 19.8 Å². The van der Waals surface area contributed by atoms with Gasteiger partial charge in [0.1, 0.15) is 6.33 Å². The Kier molecular flexibility index (Phi) is 3.96. The molecule has 1 fully saturated rings. The summed E-state index contributed by atoms with van der Waals surface area (Å²) in [6, 6.07) is -0.0677. The lowest BCUT2D eigenvalue weighted by Gasteiger charge is -2.31. The maximum Gasteiger partial charge on any atom is 0.329 e. The van der Waals surface area contributed by atoms with Gasteiger partial charge in [-0.25, -0.2) is 9.78 Å². The van der Waals surface area contributed by atoms with E-state index in [2.05, 4.69) is 10.3 Å². The summed E-state index contributed by atoms with van der Waals surface area (Å²) in [4.78, 5) is 29.3. The van der Waals surface area contributed by atoms with Crippen LogP contribution in [0.1, 0.15) is 19.8 Å². The van der Waals surface area contributed by atoms with E-state index in [4.69, 9.17) is 0 Å². The predicted octanol–water partition coefficient (Wildman–Crippen LogP) is 0.699. The quantitative estimate of drug-likeness (QED) is 0.840. The molecule has 6 nitrogen and oxygen atoms in total. The molecule has 98 valence electrons. The molecule has 1 aromatic rings. The highest BCUT2D eigenvalue weighted by atomic mass is 16.2. The zero-order valence-corrected chi connectivity index (χ0v) is 10.5. The third-order valence-electron chi connectivity index (χ3n) is 3.21. The number of aromatic nitrogens is 2. The number of carbonyl (C=O) groups excluding carboxylic acids is 2. The van der Waals surface area contributed by atoms with E-state index in [1.54, 1.807) is 17.3 Å². The van der Waals surface area contributed by atoms with Gasteiger partial charge in [-0.05, 0) is 19.8 Å². The minimum Gasteiger partial charge on any atom is -0.356 e. The molecule has 0 bridgehead atoms. The number of likely N-dealkylation sites (tertiary alicyclic amines) is 1. The van der Waals surface area contributed by atoms with E-state index < -0.39 is 0 Å². The topological polar surface area (TPSA) is 67.2 Å². The number of rotatable bonds is 2. The molecular formula is C12H18N4O2. The molecule has 0 atom stereocenters. The molecule has 6 heteroatoms. The fraction of sp³-hybridized carbons (Fsp3) is 0.583. The minimum absolute atomic E-state index is 0.0387. The molecule has 0 saturated carbocycles. The van der Waals surface area contributed by atoms with Crippen molar-refractivity contribution in [1.29, 1.82) is 0 Å². The summed E-state index contributed by atoms with van der Waals surface area (Å²) in [6.45, 7) is 3.82. The fourth-order valence-electron chi connectivity index (χ4n) is 2.19. The Morgan fingerprint density at radius 3 is 2.67 bits per heavy atom. The van der Waals surface area contributed by atoms with Crippen LogP contribution >= 0.6 is 0 Å². The first-order valence-electron chi connectivity index (χ1n) is 6.27. The van der Waals surface area contributed by atoms with Crippen LogP contribution in [0.2, 0.25) is 0 Å². The molecule has 1 N–H and O–H groups in total. The van der Waals surface area contributed by atoms with Crippen molar-refractivity contribution in [3.63, 3.8) is 0 Å². The second-order valence-corrected chi connectivity index (χ2v) is 4.41. The van der Waals surface area contributed by atoms with Crippen molar-refractivity contribution < 1.29 is 9.59 Å². The molecule has 2 heterocycles. The number of hydrogen-bond donors (Lipinski definition) is 1. The normalized spacial score (nSPS) is 16.6. The van der Waals surface area contributed by atoms with Gasteiger partial charge in [0.2, 0.25) is 5.91 Å². The van der Waals surface area contributed by atoms with Crippen LogP contribution in [0.15, 0.2) is 18.7 Å². The average Bonchev–Trinajstić information content (AvgIpc) is 2.92. The molecule has 0 spiro atoms. The van der Waals surface area contributed by atoms with Gasteiger partial charge >= 0.3 is 6.03 Å². The predicted molar refractivity (Wildman–Crippen MR) is 66.0 cm³/mol. The smallest absolute Gasteiger partial charge is 0.329 e. The lowest BCUT2D eigenvalue weighted by molar-refractivity contribution is -0.126. The summed E-state index contributed by atoms with van der Waals surface area (Å²) in [5.41, 5.74) is 0. The van der Waals surface area contributed by atoms with Crippen molar-refractivity contribution in [3.8, 4) is 0 Å². The van der Waals surface area contributed by atoms with Crippen molar-refractivity contribution in [2.75, 3.05) is 19.6 Å². The molecule has 0 aliphatic carbocycles. The molecular weight excluding hydrogens is 232 g/mol. The SMILES string of the molecule is CCNC(=O)C1CCN(C(=O)n2ccnc2)CC1. The third kappa shape index (κ3) is 2.69. The van der Waals surface area contributed by atoms with E-state index in [-0.39, 0.29) is 17.9 Å². The summed E-state index contributed by atoms with van der Waals surface area (Å²) in [6.07, 6.45) is 6.17. The molecule has 1 aliphatic rings. The summed E-state index contributed by atoms with van der Waals surface area (Å²) < 4.78 is 1.46. The lowest BCUT2D eigenvalue weighted by Crippen LogP contribution is -2.44. The van der Waals surface area contributed by atoms with Crippen molar-refractivity contribution >= 4 is 11.9 Å². The van der Waals surface area contributed by atoms with E-state index in [1.165, 1.54) is 10.9 Å². The Morgan fingerprint density at radius 1 is 1.39 bits per heavy atom. The summed E-state index contributed by atoms with van der Waals surface area (Å²) in [5, 5.41) is 2.83. The van der Waals surface area contributed by atoms with Crippen LogP contribution in [0.4, 0.5) is 4.79 Å². The number of amides is 2. The van der Waals surface area contributed by atoms with Gasteiger partial charge in [-0.2, -0.15) is 0 Å². The van der Waals surface area contributed by atoms with E-state index >= 15 is 0 Å². The van der Waals surface area contributed by atoms with Gasteiger partial charge in [-0.3, -0.25) is 9.36 Å². The van der Waals surface area contributed by atoms with Crippen LogP contribution in [-0.4, -0.2) is 46.0 Å². The van der Waals surface area contributed by atoms with Crippen molar-refractivity contribution in [3.05, 3.63) is 18.7 Å². The molecule has 2 amide bonds. The van der Waals surface area contributed by atoms with Crippen LogP contribution < -0.4 is 5.32 Å². The van der Waals surface area contributed by atoms with Crippen LogP contribution in [0.5, 0.6) is 0 Å². The Hall–Kier alpha value is -1.85. The Balaban J connectivity index is 1.87. The van der Waals surface area contributed by atoms with E-state index in [9.17, 15) is 9.59 Å². The summed E-state index contributed by atoms with van der Waals surface area (Å²) >= 11 is 0. The van der Waals surface area contributed by atoms with Gasteiger partial charge in [-0.15, -0.1) is 0 Å². The molecule has 1 aliphatic heterocycles. The lowest BCUT2D eigenvalue weighted by atomic mass is 9.96. The molecule has 18 heavy (non-hydrogen) atoms. The largest absolute Gasteiger partial charge is 0.356 e. The first-order chi connectivity index (χ1) is 8.72. The zero-order valence-electron chi connectivity index (χ0n) is 10.5. The first kappa shape index (κ1) is 12.6. The fourth-order valence-corrected chi connectivity index (χ4v) is 2.19. The van der Waals surface area contributed by atoms with E-state index in [0.717, 1.165) is 12.8 Å². The molecule has 0 radical (unpaired) electrons. The second kappa shape index (κ2) is 5.66. The zero-order chi connectivity index (χ0) is 13.0. The highest BCUT2D eigenvalue weighted by Gasteiger charge is 2.27. The van der Waals surface area contributed by atoms with Crippen LogP contribution in [0.25, 0.3) is 0 Å². The van der Waals surface area contributed by atoms with Crippen molar-refractivity contribution in [2.45, 2.75) is 19.8 Å². The number of piperidine rings is 1. The van der Waals surface area contributed by atoms with Gasteiger partial charge in [0.25, 0.3) is 0 Å². The van der Waals surface area contributed by atoms with Crippen LogP contribution in [0.3, 0.4) is 0 Å². The highest BCUT2D eigenvalue weighted by Crippen LogP contribution is 2.18. The summed E-state index contributed by atoms with van der Waals surface area (Å²) in [5.74, 6) is 0.143. The number of nitrogens with zero attached hydrogens (tertiary/aromatic N) is 3. The Morgan fingerprint density at radius 2 is 2.11 bits per heavy atom. The molecule has 2 rings (SSSR count). The first-order valence-corrected chi connectivity index (χ1v) is 6.27. The average molecular weight is 250 g/mol. The number of nitrogens with one attached hydrogen (secondary N) is 1. The highest BCUT2D eigenvalue weighted by molar-refractivity contribution is 5.80. The maximum absolute atomic E-state index is 12.0. The summed E-state index contributed by atoms with van der Waals surface area (Å²) in [7, 11) is 0. The van der Waals surface area contributed by atoms with Gasteiger partial charge in [0, 0.05) is 37.9 Å². The third-order valence-corrected chi connectivity index (χ3v) is 3.21. The molecule has 0 unspecified atom stereocenters.